The molecule has 6 nitrogen and oxygen atoms in total. The lowest BCUT2D eigenvalue weighted by molar-refractivity contribution is -0.166. The Bertz CT molecular complexity index is 986. The van der Waals surface area contributed by atoms with Crippen molar-refractivity contribution < 1.29 is 9.53 Å². The number of nitrogens with two attached hydrogens (primary N) is 1. The van der Waals surface area contributed by atoms with E-state index < -0.39 is 11.0 Å². The number of nitrogens with zero attached hydrogens (tertiary/aromatic N) is 1. The maximum atomic E-state index is 12.8. The maximum absolute atomic E-state index is 12.8. The Balaban J connectivity index is 0.00000160. The van der Waals surface area contributed by atoms with Crippen LogP contribution < -0.4 is 11.1 Å². The van der Waals surface area contributed by atoms with E-state index in [0.29, 0.717) is 18.7 Å². The number of amides is 1. The van der Waals surface area contributed by atoms with Crippen molar-refractivity contribution in [3.8, 4) is 11.4 Å². The van der Waals surface area contributed by atoms with Gasteiger partial charge in [-0.15, -0.1) is 24.8 Å². The van der Waals surface area contributed by atoms with E-state index in [1.807, 2.05) is 69.3 Å². The zero-order valence-electron chi connectivity index (χ0n) is 17.3. The normalized spacial score (nSPS) is 21.8. The van der Waals surface area contributed by atoms with Gasteiger partial charge in [0.2, 0.25) is 5.91 Å². The molecule has 1 fully saturated rings. The second kappa shape index (κ2) is 8.94. The van der Waals surface area contributed by atoms with Gasteiger partial charge in [0, 0.05) is 29.7 Å². The SMILES string of the molecule is CCOC1CC(N)(C(=O)Nc2ccc(-c3nc4ccccc4[nH]3)cc2)C1(C)C.Cl.Cl. The third-order valence-electron chi connectivity index (χ3n) is 6.04. The Labute approximate surface area is 188 Å². The molecule has 3 aromatic rings. The molecule has 8 heteroatoms. The average Bonchev–Trinajstić information content (AvgIpc) is 3.12. The number of halogens is 2. The molecular weight excluding hydrogens is 423 g/mol. The Morgan fingerprint density at radius 1 is 1.20 bits per heavy atom. The van der Waals surface area contributed by atoms with Crippen LogP contribution >= 0.6 is 24.8 Å². The Hall–Kier alpha value is -2.12. The number of rotatable bonds is 5. The van der Waals surface area contributed by atoms with Gasteiger partial charge in [-0.3, -0.25) is 4.79 Å². The monoisotopic (exact) mass is 450 g/mol. The molecule has 4 rings (SSSR count). The van der Waals surface area contributed by atoms with E-state index in [0.717, 1.165) is 22.4 Å². The molecule has 0 aliphatic heterocycles. The predicted octanol–water partition coefficient (Wildman–Crippen LogP) is 4.54. The van der Waals surface area contributed by atoms with Gasteiger partial charge in [0.1, 0.15) is 11.4 Å². The maximum Gasteiger partial charge on any atom is 0.245 e. The minimum atomic E-state index is -0.940. The third-order valence-corrected chi connectivity index (χ3v) is 6.04. The summed E-state index contributed by atoms with van der Waals surface area (Å²) in [6.07, 6.45) is 0.528. The summed E-state index contributed by atoms with van der Waals surface area (Å²) >= 11 is 0. The van der Waals surface area contributed by atoms with Gasteiger partial charge in [-0.05, 0) is 43.3 Å². The summed E-state index contributed by atoms with van der Waals surface area (Å²) in [4.78, 5) is 20.8. The van der Waals surface area contributed by atoms with Crippen molar-refractivity contribution in [3.05, 3.63) is 48.5 Å². The molecule has 2 unspecified atom stereocenters. The van der Waals surface area contributed by atoms with Crippen molar-refractivity contribution in [1.29, 1.82) is 0 Å². The van der Waals surface area contributed by atoms with Gasteiger partial charge in [0.25, 0.3) is 0 Å². The van der Waals surface area contributed by atoms with Crippen LogP contribution in [0, 0.1) is 5.41 Å². The first-order valence-electron chi connectivity index (χ1n) is 9.62. The second-order valence-corrected chi connectivity index (χ2v) is 7.98. The molecule has 0 saturated heterocycles. The number of para-hydroxylation sites is 2. The smallest absolute Gasteiger partial charge is 0.245 e. The highest BCUT2D eigenvalue weighted by molar-refractivity contribution is 6.00. The first-order chi connectivity index (χ1) is 13.3. The quantitative estimate of drug-likeness (QED) is 0.531. The van der Waals surface area contributed by atoms with Gasteiger partial charge >= 0.3 is 0 Å². The largest absolute Gasteiger partial charge is 0.378 e. The van der Waals surface area contributed by atoms with Gasteiger partial charge in [-0.2, -0.15) is 0 Å². The summed E-state index contributed by atoms with van der Waals surface area (Å²) in [7, 11) is 0. The molecule has 1 aromatic heterocycles. The first kappa shape index (κ1) is 24.2. The number of hydrogen-bond donors (Lipinski definition) is 3. The molecule has 0 radical (unpaired) electrons. The van der Waals surface area contributed by atoms with E-state index in [1.54, 1.807) is 0 Å². The van der Waals surface area contributed by atoms with Crippen LogP contribution in [-0.4, -0.2) is 34.1 Å². The Morgan fingerprint density at radius 2 is 1.87 bits per heavy atom. The lowest BCUT2D eigenvalue weighted by Gasteiger charge is -2.57. The summed E-state index contributed by atoms with van der Waals surface area (Å²) in [6, 6.07) is 15.5. The van der Waals surface area contributed by atoms with Crippen LogP contribution in [0.15, 0.2) is 48.5 Å². The van der Waals surface area contributed by atoms with Crippen LogP contribution in [0.4, 0.5) is 5.69 Å². The molecule has 1 amide bonds. The summed E-state index contributed by atoms with van der Waals surface area (Å²) < 4.78 is 5.71. The van der Waals surface area contributed by atoms with Gasteiger partial charge in [0.05, 0.1) is 17.1 Å². The number of aromatic amines is 1. The Morgan fingerprint density at radius 3 is 2.47 bits per heavy atom. The highest BCUT2D eigenvalue weighted by Gasteiger charge is 2.62. The van der Waals surface area contributed by atoms with Crippen molar-refractivity contribution in [2.45, 2.75) is 38.8 Å². The van der Waals surface area contributed by atoms with E-state index in [4.69, 9.17) is 10.5 Å². The second-order valence-electron chi connectivity index (χ2n) is 7.98. The summed E-state index contributed by atoms with van der Waals surface area (Å²) in [5.74, 6) is 0.624. The zero-order valence-corrected chi connectivity index (χ0v) is 18.9. The van der Waals surface area contributed by atoms with Crippen molar-refractivity contribution in [1.82, 2.24) is 9.97 Å². The number of fused-ring (bicyclic) bond motifs is 1. The number of hydrogen-bond acceptors (Lipinski definition) is 4. The predicted molar refractivity (Wildman–Crippen MR) is 125 cm³/mol. The molecule has 162 valence electrons. The summed E-state index contributed by atoms with van der Waals surface area (Å²) in [5.41, 5.74) is 8.69. The van der Waals surface area contributed by atoms with E-state index in [9.17, 15) is 4.79 Å². The molecule has 1 aliphatic carbocycles. The lowest BCUT2D eigenvalue weighted by atomic mass is 9.54. The van der Waals surface area contributed by atoms with E-state index in [-0.39, 0.29) is 36.8 Å². The number of imidazole rings is 1. The van der Waals surface area contributed by atoms with Gasteiger partial charge in [0.15, 0.2) is 0 Å². The fraction of sp³-hybridized carbons (Fsp3) is 0.364. The minimum absolute atomic E-state index is 0. The zero-order chi connectivity index (χ0) is 19.9. The Kier molecular flexibility index (Phi) is 7.20. The third kappa shape index (κ3) is 3.93. The first-order valence-corrected chi connectivity index (χ1v) is 9.62. The highest BCUT2D eigenvalue weighted by Crippen LogP contribution is 2.50. The fourth-order valence-corrected chi connectivity index (χ4v) is 3.86. The number of carbonyl (C=O) groups excluding carboxylic acids is 1. The van der Waals surface area contributed by atoms with Crippen molar-refractivity contribution in [3.63, 3.8) is 0 Å². The standard InChI is InChI=1S/C22H26N4O2.2ClH/c1-4-28-18-13-22(23,21(18,2)3)20(27)24-15-11-9-14(10-12-15)19-25-16-7-5-6-8-17(16)26-19;;/h5-12,18H,4,13,23H2,1-3H3,(H,24,27)(H,25,26);2*1H. The number of nitrogens with one attached hydrogen (secondary N) is 2. The molecule has 0 spiro atoms. The van der Waals surface area contributed by atoms with Crippen LogP contribution in [0.2, 0.25) is 0 Å². The minimum Gasteiger partial charge on any atom is -0.378 e. The number of benzene rings is 2. The number of ether oxygens (including phenoxy) is 1. The highest BCUT2D eigenvalue weighted by atomic mass is 35.5. The van der Waals surface area contributed by atoms with Crippen molar-refractivity contribution >= 4 is 47.4 Å². The van der Waals surface area contributed by atoms with Gasteiger partial charge < -0.3 is 20.8 Å². The molecular formula is C22H28Cl2N4O2. The van der Waals surface area contributed by atoms with Crippen LogP contribution in [-0.2, 0) is 9.53 Å². The average molecular weight is 451 g/mol. The molecule has 0 bridgehead atoms. The number of aromatic nitrogens is 2. The molecule has 1 saturated carbocycles. The molecule has 4 N–H and O–H groups in total. The summed E-state index contributed by atoms with van der Waals surface area (Å²) in [6.45, 7) is 6.55. The molecule has 30 heavy (non-hydrogen) atoms. The van der Waals surface area contributed by atoms with Crippen molar-refractivity contribution in [2.75, 3.05) is 11.9 Å². The van der Waals surface area contributed by atoms with E-state index in [2.05, 4.69) is 15.3 Å². The van der Waals surface area contributed by atoms with Gasteiger partial charge in [-0.25, -0.2) is 4.98 Å². The van der Waals surface area contributed by atoms with E-state index in [1.165, 1.54) is 0 Å². The molecule has 2 atom stereocenters. The van der Waals surface area contributed by atoms with E-state index >= 15 is 0 Å². The van der Waals surface area contributed by atoms with Crippen LogP contribution in [0.25, 0.3) is 22.4 Å². The molecule has 1 heterocycles. The van der Waals surface area contributed by atoms with Crippen LogP contribution in [0.3, 0.4) is 0 Å². The molecule has 2 aromatic carbocycles. The number of carbonyl (C=O) groups is 1. The fourth-order valence-electron chi connectivity index (χ4n) is 3.86. The number of H-pyrrole nitrogens is 1. The topological polar surface area (TPSA) is 93.0 Å². The van der Waals surface area contributed by atoms with Gasteiger partial charge in [-0.1, -0.05) is 26.0 Å². The molecule has 1 aliphatic rings. The summed E-state index contributed by atoms with van der Waals surface area (Å²) in [5, 5.41) is 2.96. The van der Waals surface area contributed by atoms with Crippen LogP contribution in [0.5, 0.6) is 0 Å². The van der Waals surface area contributed by atoms with Crippen molar-refractivity contribution in [2.24, 2.45) is 11.1 Å². The lowest BCUT2D eigenvalue weighted by Crippen LogP contribution is -2.74. The number of anilines is 1. The van der Waals surface area contributed by atoms with Crippen LogP contribution in [0.1, 0.15) is 27.2 Å².